The number of unbranched alkanes of at least 4 members (excludes halogenated alkanes) is 1. The van der Waals surface area contributed by atoms with E-state index in [1.807, 2.05) is 6.92 Å². The van der Waals surface area contributed by atoms with E-state index in [2.05, 4.69) is 6.92 Å². The van der Waals surface area contributed by atoms with Gasteiger partial charge in [0.1, 0.15) is 0 Å². The molecule has 0 radical (unpaired) electrons. The first-order valence-corrected chi connectivity index (χ1v) is 5.10. The zero-order valence-electron chi connectivity index (χ0n) is 8.21. The minimum Gasteiger partial charge on any atom is -0.353 e. The molecule has 1 rings (SSSR count). The second kappa shape index (κ2) is 5.55. The number of rotatable bonds is 5. The van der Waals surface area contributed by atoms with Crippen LogP contribution in [0.4, 0.5) is 0 Å². The molecule has 0 aromatic carbocycles. The third kappa shape index (κ3) is 3.11. The molecule has 0 bridgehead atoms. The van der Waals surface area contributed by atoms with E-state index in [0.29, 0.717) is 0 Å². The van der Waals surface area contributed by atoms with Crippen LogP contribution in [0.15, 0.2) is 0 Å². The maximum Gasteiger partial charge on any atom is 0.157 e. The predicted octanol–water partition coefficient (Wildman–Crippen LogP) is 2.58. The van der Waals surface area contributed by atoms with Crippen LogP contribution >= 0.6 is 0 Å². The first-order chi connectivity index (χ1) is 5.86. The molecule has 1 heterocycles. The predicted molar refractivity (Wildman–Crippen MR) is 49.0 cm³/mol. The van der Waals surface area contributed by atoms with Gasteiger partial charge in [0.15, 0.2) is 6.29 Å². The zero-order valence-corrected chi connectivity index (χ0v) is 8.21. The van der Waals surface area contributed by atoms with Gasteiger partial charge in [-0.05, 0) is 19.3 Å². The van der Waals surface area contributed by atoms with E-state index in [9.17, 15) is 0 Å². The summed E-state index contributed by atoms with van der Waals surface area (Å²) < 4.78 is 10.9. The SMILES string of the molecule is CCCC[C@H]1CO[C@@H](OCC)C1. The largest absolute Gasteiger partial charge is 0.353 e. The molecule has 0 aliphatic carbocycles. The second-order valence-corrected chi connectivity index (χ2v) is 3.46. The number of hydrogen-bond acceptors (Lipinski definition) is 2. The molecule has 0 unspecified atom stereocenters. The average molecular weight is 172 g/mol. The van der Waals surface area contributed by atoms with Crippen LogP contribution in [0.25, 0.3) is 0 Å². The average Bonchev–Trinajstić information content (AvgIpc) is 2.50. The van der Waals surface area contributed by atoms with E-state index in [0.717, 1.165) is 25.6 Å². The fourth-order valence-electron chi connectivity index (χ4n) is 1.65. The normalized spacial score (nSPS) is 29.5. The van der Waals surface area contributed by atoms with Crippen molar-refractivity contribution >= 4 is 0 Å². The highest BCUT2D eigenvalue weighted by molar-refractivity contribution is 4.67. The second-order valence-electron chi connectivity index (χ2n) is 3.46. The molecule has 2 nitrogen and oxygen atoms in total. The topological polar surface area (TPSA) is 18.5 Å². The third-order valence-corrected chi connectivity index (χ3v) is 2.36. The van der Waals surface area contributed by atoms with E-state index >= 15 is 0 Å². The Hall–Kier alpha value is -0.0800. The molecule has 1 aliphatic heterocycles. The lowest BCUT2D eigenvalue weighted by atomic mass is 10.0. The lowest BCUT2D eigenvalue weighted by Crippen LogP contribution is -2.09. The Morgan fingerprint density at radius 2 is 2.25 bits per heavy atom. The molecular weight excluding hydrogens is 152 g/mol. The Morgan fingerprint density at radius 1 is 1.42 bits per heavy atom. The van der Waals surface area contributed by atoms with Crippen molar-refractivity contribution in [3.05, 3.63) is 0 Å². The molecule has 0 aromatic heterocycles. The maximum atomic E-state index is 5.48. The summed E-state index contributed by atoms with van der Waals surface area (Å²) in [5.74, 6) is 0.751. The molecule has 0 amide bonds. The van der Waals surface area contributed by atoms with Crippen molar-refractivity contribution in [2.75, 3.05) is 13.2 Å². The molecule has 0 aromatic rings. The van der Waals surface area contributed by atoms with E-state index in [1.54, 1.807) is 0 Å². The number of ether oxygens (including phenoxy) is 2. The minimum absolute atomic E-state index is 0.0943. The highest BCUT2D eigenvalue weighted by atomic mass is 16.7. The summed E-state index contributed by atoms with van der Waals surface area (Å²) in [6.07, 6.45) is 5.12. The van der Waals surface area contributed by atoms with E-state index in [1.165, 1.54) is 19.3 Å². The van der Waals surface area contributed by atoms with Gasteiger partial charge in [-0.15, -0.1) is 0 Å². The molecule has 2 atom stereocenters. The van der Waals surface area contributed by atoms with Crippen LogP contribution in [0.5, 0.6) is 0 Å². The fraction of sp³-hybridized carbons (Fsp3) is 1.00. The molecule has 2 heteroatoms. The Bertz CT molecular complexity index is 114. The zero-order chi connectivity index (χ0) is 8.81. The van der Waals surface area contributed by atoms with Gasteiger partial charge in [0.25, 0.3) is 0 Å². The van der Waals surface area contributed by atoms with Crippen molar-refractivity contribution in [2.24, 2.45) is 5.92 Å². The Morgan fingerprint density at radius 3 is 2.92 bits per heavy atom. The lowest BCUT2D eigenvalue weighted by Gasteiger charge is -2.08. The van der Waals surface area contributed by atoms with Crippen LogP contribution in [0.1, 0.15) is 39.5 Å². The molecule has 1 saturated heterocycles. The van der Waals surface area contributed by atoms with Gasteiger partial charge in [-0.25, -0.2) is 0 Å². The van der Waals surface area contributed by atoms with Crippen molar-refractivity contribution in [3.63, 3.8) is 0 Å². The van der Waals surface area contributed by atoms with Gasteiger partial charge in [-0.1, -0.05) is 19.8 Å². The minimum atomic E-state index is 0.0943. The fourth-order valence-corrected chi connectivity index (χ4v) is 1.65. The summed E-state index contributed by atoms with van der Waals surface area (Å²) in [5.41, 5.74) is 0. The summed E-state index contributed by atoms with van der Waals surface area (Å²) >= 11 is 0. The quantitative estimate of drug-likeness (QED) is 0.634. The van der Waals surface area contributed by atoms with Crippen molar-refractivity contribution < 1.29 is 9.47 Å². The molecular formula is C10H20O2. The standard InChI is InChI=1S/C10H20O2/c1-3-5-6-9-7-10(11-4-2)12-8-9/h9-10H,3-8H2,1-2H3/t9-,10-/m1/s1. The Balaban J connectivity index is 2.08. The van der Waals surface area contributed by atoms with Gasteiger partial charge < -0.3 is 9.47 Å². The van der Waals surface area contributed by atoms with Crippen LogP contribution < -0.4 is 0 Å². The molecule has 72 valence electrons. The van der Waals surface area contributed by atoms with Crippen molar-refractivity contribution in [2.45, 2.75) is 45.8 Å². The van der Waals surface area contributed by atoms with Crippen LogP contribution in [-0.2, 0) is 9.47 Å². The molecule has 1 fully saturated rings. The highest BCUT2D eigenvalue weighted by Gasteiger charge is 2.24. The molecule has 0 saturated carbocycles. The molecule has 0 N–H and O–H groups in total. The molecule has 1 aliphatic rings. The van der Waals surface area contributed by atoms with Gasteiger partial charge in [-0.3, -0.25) is 0 Å². The summed E-state index contributed by atoms with van der Waals surface area (Å²) in [6, 6.07) is 0. The van der Waals surface area contributed by atoms with Gasteiger partial charge in [0.2, 0.25) is 0 Å². The van der Waals surface area contributed by atoms with Gasteiger partial charge in [-0.2, -0.15) is 0 Å². The van der Waals surface area contributed by atoms with E-state index in [-0.39, 0.29) is 6.29 Å². The molecule has 0 spiro atoms. The van der Waals surface area contributed by atoms with Crippen molar-refractivity contribution in [1.82, 2.24) is 0 Å². The smallest absolute Gasteiger partial charge is 0.157 e. The van der Waals surface area contributed by atoms with Gasteiger partial charge in [0, 0.05) is 13.0 Å². The highest BCUT2D eigenvalue weighted by Crippen LogP contribution is 2.24. The monoisotopic (exact) mass is 172 g/mol. The first-order valence-electron chi connectivity index (χ1n) is 5.10. The van der Waals surface area contributed by atoms with Crippen molar-refractivity contribution in [3.8, 4) is 0 Å². The summed E-state index contributed by atoms with van der Waals surface area (Å²) in [4.78, 5) is 0. The summed E-state index contributed by atoms with van der Waals surface area (Å²) in [5, 5.41) is 0. The van der Waals surface area contributed by atoms with Crippen LogP contribution in [0, 0.1) is 5.92 Å². The van der Waals surface area contributed by atoms with Crippen LogP contribution in [-0.4, -0.2) is 19.5 Å². The van der Waals surface area contributed by atoms with Gasteiger partial charge in [0.05, 0.1) is 6.61 Å². The first kappa shape index (κ1) is 10.0. The van der Waals surface area contributed by atoms with Crippen LogP contribution in [0.3, 0.4) is 0 Å². The van der Waals surface area contributed by atoms with E-state index < -0.39 is 0 Å². The third-order valence-electron chi connectivity index (χ3n) is 2.36. The van der Waals surface area contributed by atoms with Crippen molar-refractivity contribution in [1.29, 1.82) is 0 Å². The van der Waals surface area contributed by atoms with E-state index in [4.69, 9.17) is 9.47 Å². The Labute approximate surface area is 75.2 Å². The van der Waals surface area contributed by atoms with Gasteiger partial charge >= 0.3 is 0 Å². The summed E-state index contributed by atoms with van der Waals surface area (Å²) in [6.45, 7) is 5.92. The summed E-state index contributed by atoms with van der Waals surface area (Å²) in [7, 11) is 0. The van der Waals surface area contributed by atoms with Crippen LogP contribution in [0.2, 0.25) is 0 Å². The number of hydrogen-bond donors (Lipinski definition) is 0. The lowest BCUT2D eigenvalue weighted by molar-refractivity contribution is -0.106. The maximum absolute atomic E-state index is 5.48. The Kier molecular flexibility index (Phi) is 4.62. The molecule has 12 heavy (non-hydrogen) atoms.